The van der Waals surface area contributed by atoms with Gasteiger partial charge in [-0.3, -0.25) is 51.1 Å². The van der Waals surface area contributed by atoms with Crippen molar-refractivity contribution in [2.75, 3.05) is 27.1 Å². The summed E-state index contributed by atoms with van der Waals surface area (Å²) in [6.07, 6.45) is 0.819. The lowest BCUT2D eigenvalue weighted by atomic mass is 10.1. The molecule has 5 heterocycles. The summed E-state index contributed by atoms with van der Waals surface area (Å²) in [6, 6.07) is 74.6. The number of nitrogens with one attached hydrogen (secondary N) is 5. The lowest BCUT2D eigenvalue weighted by Gasteiger charge is -2.15. The van der Waals surface area contributed by atoms with Crippen LogP contribution in [0.15, 0.2) is 279 Å². The number of nitrogens with zero attached hydrogens (tertiary/aromatic N) is 10. The lowest BCUT2D eigenvalue weighted by molar-refractivity contribution is 0.626. The number of hydrogen-bond acceptors (Lipinski definition) is 20. The second-order valence-electron chi connectivity index (χ2n) is 22.7. The summed E-state index contributed by atoms with van der Waals surface area (Å²) in [5.74, 6) is 28.4. The SMILES string of the molecule is CCc1ccccc1-n1c(NN)nc2ccccc2c1=O.NNc1nc2ccccc2c(=O)n1-c1ccc(Cl)cc1.NNc1nc2ccccc2c(=O)n1-c1cccc(Cl)c1Cl.NNc1nc2ccccc2c(=O)n1-c1cccc(F)c1.NNc1nc2ccccc2c(=O)n1-c1cccc2ccccc12. The Balaban J connectivity index is 0.000000123. The molecule has 5 aromatic heterocycles. The normalized spacial score (nSPS) is 10.8. The van der Waals surface area contributed by atoms with Crippen molar-refractivity contribution in [1.29, 1.82) is 0 Å². The molecule has 29 heteroatoms. The molecule has 0 radical (unpaired) electrons. The number of para-hydroxylation sites is 6. The molecule has 16 rings (SSSR count). The third kappa shape index (κ3) is 14.9. The Morgan fingerprint density at radius 2 is 0.657 bits per heavy atom. The summed E-state index contributed by atoms with van der Waals surface area (Å²) < 4.78 is 20.4. The number of aromatic nitrogens is 10. The fourth-order valence-electron chi connectivity index (χ4n) is 11.6. The fourth-order valence-corrected chi connectivity index (χ4v) is 12.1. The molecule has 11 aromatic carbocycles. The highest BCUT2D eigenvalue weighted by Gasteiger charge is 2.20. The van der Waals surface area contributed by atoms with Crippen LogP contribution in [0.4, 0.5) is 34.1 Å². The number of hydrogen-bond donors (Lipinski definition) is 10. The second kappa shape index (κ2) is 32.3. The van der Waals surface area contributed by atoms with Crippen molar-refractivity contribution in [2.45, 2.75) is 13.3 Å². The van der Waals surface area contributed by atoms with Crippen molar-refractivity contribution in [1.82, 2.24) is 47.8 Å². The van der Waals surface area contributed by atoms with Crippen molar-refractivity contribution in [3.63, 3.8) is 0 Å². The number of fused-ring (bicyclic) bond motifs is 6. The Morgan fingerprint density at radius 3 is 1.10 bits per heavy atom. The van der Waals surface area contributed by atoms with Gasteiger partial charge in [-0.25, -0.2) is 81.4 Å². The van der Waals surface area contributed by atoms with E-state index >= 15 is 0 Å². The first-order chi connectivity index (χ1) is 51.1. The predicted octanol–water partition coefficient (Wildman–Crippen LogP) is 12.2. The molecule has 0 aliphatic carbocycles. The van der Waals surface area contributed by atoms with Gasteiger partial charge < -0.3 is 0 Å². The van der Waals surface area contributed by atoms with Crippen LogP contribution in [0.3, 0.4) is 0 Å². The van der Waals surface area contributed by atoms with E-state index in [1.165, 1.54) is 41.0 Å². The van der Waals surface area contributed by atoms with Gasteiger partial charge in [-0.05, 0) is 145 Å². The Hall–Kier alpha value is -13.0. The number of benzene rings is 11. The molecule has 0 fully saturated rings. The number of halogens is 4. The van der Waals surface area contributed by atoms with Gasteiger partial charge in [0.05, 0.1) is 93.0 Å². The van der Waals surface area contributed by atoms with Gasteiger partial charge in [0.2, 0.25) is 29.7 Å². The van der Waals surface area contributed by atoms with Crippen LogP contribution in [0, 0.1) is 5.82 Å². The van der Waals surface area contributed by atoms with Crippen molar-refractivity contribution in [2.24, 2.45) is 29.2 Å². The van der Waals surface area contributed by atoms with E-state index in [-0.39, 0.29) is 50.7 Å². The van der Waals surface area contributed by atoms with Crippen LogP contribution in [0.2, 0.25) is 15.1 Å². The molecule has 0 amide bonds. The molecule has 25 nitrogen and oxygen atoms in total. The first kappa shape index (κ1) is 71.8. The molecule has 0 bridgehead atoms. The summed E-state index contributed by atoms with van der Waals surface area (Å²) in [5.41, 5.74) is 18.2. The highest BCUT2D eigenvalue weighted by Crippen LogP contribution is 2.31. The Kier molecular flexibility index (Phi) is 22.1. The van der Waals surface area contributed by atoms with Crippen LogP contribution in [0.1, 0.15) is 12.5 Å². The van der Waals surface area contributed by atoms with E-state index in [2.05, 4.69) is 52.0 Å². The smallest absolute Gasteiger partial charge is 0.267 e. The third-order valence-corrected chi connectivity index (χ3v) is 17.5. The number of anilines is 5. The van der Waals surface area contributed by atoms with E-state index in [1.807, 2.05) is 104 Å². The predicted molar refractivity (Wildman–Crippen MR) is 418 cm³/mol. The topological polar surface area (TPSA) is 365 Å². The summed E-state index contributed by atoms with van der Waals surface area (Å²) in [6.45, 7) is 2.05. The second-order valence-corrected chi connectivity index (χ2v) is 23.9. The van der Waals surface area contributed by atoms with Crippen LogP contribution >= 0.6 is 34.8 Å². The number of hydrazine groups is 5. The van der Waals surface area contributed by atoms with Gasteiger partial charge in [0.15, 0.2) is 0 Å². The van der Waals surface area contributed by atoms with Gasteiger partial charge >= 0.3 is 0 Å². The molecule has 524 valence electrons. The molecule has 15 N–H and O–H groups in total. The van der Waals surface area contributed by atoms with Crippen LogP contribution < -0.4 is 84.1 Å². The Labute approximate surface area is 609 Å². The van der Waals surface area contributed by atoms with E-state index in [0.29, 0.717) is 93.5 Å². The summed E-state index contributed by atoms with van der Waals surface area (Å²) in [7, 11) is 0. The van der Waals surface area contributed by atoms with Crippen molar-refractivity contribution in [3.8, 4) is 28.4 Å². The molecule has 0 spiro atoms. The van der Waals surface area contributed by atoms with E-state index in [4.69, 9.17) is 64.0 Å². The van der Waals surface area contributed by atoms with E-state index in [0.717, 1.165) is 34.1 Å². The van der Waals surface area contributed by atoms with E-state index < -0.39 is 5.82 Å². The van der Waals surface area contributed by atoms with Crippen LogP contribution in [-0.4, -0.2) is 47.8 Å². The molecule has 0 aliphatic heterocycles. The van der Waals surface area contributed by atoms with Crippen LogP contribution in [0.5, 0.6) is 0 Å². The number of rotatable bonds is 11. The highest BCUT2D eigenvalue weighted by atomic mass is 35.5. The van der Waals surface area contributed by atoms with E-state index in [1.54, 1.807) is 140 Å². The molecular weight excluding hydrogens is 1400 g/mol. The minimum Gasteiger partial charge on any atom is -0.293 e. The van der Waals surface area contributed by atoms with Gasteiger partial charge in [0.25, 0.3) is 27.8 Å². The summed E-state index contributed by atoms with van der Waals surface area (Å²) in [4.78, 5) is 85.4. The Morgan fingerprint density at radius 1 is 0.333 bits per heavy atom. The average molecular weight is 1460 g/mol. The average Bonchev–Trinajstić information content (AvgIpc) is 0.789. The maximum Gasteiger partial charge on any atom is 0.267 e. The third-order valence-electron chi connectivity index (χ3n) is 16.5. The zero-order valence-corrected chi connectivity index (χ0v) is 57.6. The van der Waals surface area contributed by atoms with Gasteiger partial charge in [-0.1, -0.05) is 169 Å². The minimum atomic E-state index is -0.439. The first-order valence-corrected chi connectivity index (χ1v) is 33.2. The standard InChI is InChI=1S/C18H14N4O.C16H16N4O.C14H10Cl2N4O.C14H11ClN4O.C14H11FN4O/c19-21-18-20-15-10-4-3-9-14(15)17(23)22(18)16-11-5-7-12-6-1-2-8-13(12)16;1-2-11-7-3-6-10-14(11)20-15(21)12-8-4-5-9-13(12)18-16(20)19-17;15-9-5-3-7-11(12(9)16)20-13(21)8-4-1-2-6-10(8)18-14(20)19-17;15-9-5-7-10(8-6-9)19-13(20)11-3-1-2-4-12(11)17-14(19)18-16;15-9-4-3-5-10(8-9)19-13(20)11-6-1-2-7-12(11)17-14(19)18-16/h1-11H,19H2,(H,20,21);3-10H,2,17H2,1H3,(H,18,19);1-7H,17H2,(H,18,19);2*1-8H,16H2,(H,17,18). The number of aryl methyl sites for hydroxylation is 1. The number of nitrogens with two attached hydrogens (primary N) is 5. The van der Waals surface area contributed by atoms with Crippen molar-refractivity contribution >= 4 is 130 Å². The van der Waals surface area contributed by atoms with Gasteiger partial charge in [-0.15, -0.1) is 0 Å². The maximum absolute atomic E-state index is 13.3. The molecule has 0 atom stereocenters. The van der Waals surface area contributed by atoms with Gasteiger partial charge in [0.1, 0.15) is 5.82 Å². The van der Waals surface area contributed by atoms with Crippen molar-refractivity contribution in [3.05, 3.63) is 333 Å². The van der Waals surface area contributed by atoms with Gasteiger partial charge in [-0.2, -0.15) is 0 Å². The molecular formula is C76H62Cl3FN20O5. The quantitative estimate of drug-likeness (QED) is 0.0425. The van der Waals surface area contributed by atoms with Crippen LogP contribution in [-0.2, 0) is 6.42 Å². The zero-order chi connectivity index (χ0) is 73.8. The molecule has 105 heavy (non-hydrogen) atoms. The van der Waals surface area contributed by atoms with E-state index in [9.17, 15) is 28.4 Å². The van der Waals surface area contributed by atoms with Gasteiger partial charge in [0, 0.05) is 10.4 Å². The summed E-state index contributed by atoms with van der Waals surface area (Å²) >= 11 is 18.1. The lowest BCUT2D eigenvalue weighted by Crippen LogP contribution is -2.26. The molecule has 0 saturated heterocycles. The molecule has 0 aliphatic rings. The fraction of sp³-hybridized carbons (Fsp3) is 0.0263. The Bertz CT molecular complexity index is 6250. The molecule has 0 saturated carbocycles. The number of nitrogen functional groups attached to an aromatic ring is 5. The van der Waals surface area contributed by atoms with Crippen LogP contribution in [0.25, 0.3) is 93.7 Å². The first-order valence-electron chi connectivity index (χ1n) is 32.0. The zero-order valence-electron chi connectivity index (χ0n) is 55.4. The molecule has 0 unspecified atom stereocenters. The van der Waals surface area contributed by atoms with Crippen molar-refractivity contribution < 1.29 is 4.39 Å². The molecule has 16 aromatic rings. The highest BCUT2D eigenvalue weighted by molar-refractivity contribution is 6.43. The summed E-state index contributed by atoms with van der Waals surface area (Å²) in [5, 5.41) is 5.77. The minimum absolute atomic E-state index is 0.130. The maximum atomic E-state index is 13.3. The monoisotopic (exact) mass is 1460 g/mol. The largest absolute Gasteiger partial charge is 0.293 e.